The Morgan fingerprint density at radius 3 is 3.08 bits per heavy atom. The van der Waals surface area contributed by atoms with Gasteiger partial charge in [0, 0.05) is 24.4 Å². The largest absolute Gasteiger partial charge is 0.437 e. The lowest BCUT2D eigenvalue weighted by molar-refractivity contribution is 0.152. The van der Waals surface area contributed by atoms with Gasteiger partial charge in [-0.1, -0.05) is 30.3 Å². The second kappa shape index (κ2) is 9.61. The van der Waals surface area contributed by atoms with Crippen LogP contribution in [0.25, 0.3) is 0 Å². The molecule has 1 heterocycles. The summed E-state index contributed by atoms with van der Waals surface area (Å²) in [5.74, 6) is 0.272. The second-order valence-electron chi connectivity index (χ2n) is 6.10. The number of aromatic nitrogens is 2. The summed E-state index contributed by atoms with van der Waals surface area (Å²) in [7, 11) is 0. The molecule has 0 radical (unpaired) electrons. The molecule has 0 spiro atoms. The number of aryl methyl sites for hydroxylation is 1. The summed E-state index contributed by atoms with van der Waals surface area (Å²) in [5, 5.41) is 6.78. The number of allylic oxidation sites excluding steroid dienone is 4. The fourth-order valence-electron chi connectivity index (χ4n) is 2.90. The van der Waals surface area contributed by atoms with Crippen LogP contribution < -0.4 is 5.32 Å². The molecule has 1 amide bonds. The van der Waals surface area contributed by atoms with Crippen molar-refractivity contribution in [1.82, 2.24) is 14.9 Å². The molecule has 1 aliphatic carbocycles. The first-order valence-corrected chi connectivity index (χ1v) is 8.61. The standard InChI is InChI=1S/C19H26N4O2/c1-4-8-17(9-5-2)21-19(24)25-22-18-11-7-6-10-16(18)13-23-12-15(3)20-14-23/h4-5,8-9,12,14,16H,1,6-7,10-11,13H2,2-3H3,(H,21,24)/b9-5+,17-8+,22-18+. The lowest BCUT2D eigenvalue weighted by atomic mass is 9.87. The van der Waals surface area contributed by atoms with Crippen LogP contribution in [0.1, 0.15) is 38.3 Å². The minimum absolute atomic E-state index is 0.272. The maximum absolute atomic E-state index is 11.9. The predicted octanol–water partition coefficient (Wildman–Crippen LogP) is 4.11. The summed E-state index contributed by atoms with van der Waals surface area (Å²) < 4.78 is 2.07. The number of nitrogens with zero attached hydrogens (tertiary/aromatic N) is 3. The molecule has 0 bridgehead atoms. The highest BCUT2D eigenvalue weighted by Gasteiger charge is 2.22. The molecule has 134 valence electrons. The maximum Gasteiger partial charge on any atom is 0.437 e. The van der Waals surface area contributed by atoms with Crippen molar-refractivity contribution < 1.29 is 9.63 Å². The molecule has 1 aromatic rings. The normalized spacial score (nSPS) is 20.0. The molecule has 1 N–H and O–H groups in total. The third kappa shape index (κ3) is 6.06. The second-order valence-corrected chi connectivity index (χ2v) is 6.10. The van der Waals surface area contributed by atoms with E-state index in [1.165, 1.54) is 0 Å². The molecule has 2 rings (SSSR count). The Morgan fingerprint density at radius 2 is 2.40 bits per heavy atom. The van der Waals surface area contributed by atoms with Crippen molar-refractivity contribution >= 4 is 11.8 Å². The van der Waals surface area contributed by atoms with Gasteiger partial charge in [-0.3, -0.25) is 10.2 Å². The highest BCUT2D eigenvalue weighted by atomic mass is 16.7. The van der Waals surface area contributed by atoms with Gasteiger partial charge in [0.25, 0.3) is 0 Å². The van der Waals surface area contributed by atoms with Crippen molar-refractivity contribution in [1.29, 1.82) is 0 Å². The average molecular weight is 342 g/mol. The Labute approximate surface area is 149 Å². The molecule has 1 unspecified atom stereocenters. The van der Waals surface area contributed by atoms with Gasteiger partial charge in [-0.2, -0.15) is 0 Å². The highest BCUT2D eigenvalue weighted by molar-refractivity contribution is 5.87. The van der Waals surface area contributed by atoms with Crippen molar-refractivity contribution in [2.75, 3.05) is 0 Å². The van der Waals surface area contributed by atoms with E-state index in [-0.39, 0.29) is 5.92 Å². The molecule has 6 nitrogen and oxygen atoms in total. The number of carbonyl (C=O) groups excluding carboxylic acids is 1. The molecule has 1 fully saturated rings. The van der Waals surface area contributed by atoms with Gasteiger partial charge in [-0.15, -0.1) is 0 Å². The van der Waals surface area contributed by atoms with Crippen molar-refractivity contribution in [2.45, 2.75) is 46.1 Å². The zero-order chi connectivity index (χ0) is 18.1. The van der Waals surface area contributed by atoms with Gasteiger partial charge in [-0.25, -0.2) is 9.78 Å². The van der Waals surface area contributed by atoms with Crippen LogP contribution in [-0.4, -0.2) is 21.4 Å². The summed E-state index contributed by atoms with van der Waals surface area (Å²) in [6, 6.07) is 0. The number of amides is 1. The minimum Gasteiger partial charge on any atom is -0.337 e. The summed E-state index contributed by atoms with van der Waals surface area (Å²) in [6.45, 7) is 8.27. The van der Waals surface area contributed by atoms with E-state index in [9.17, 15) is 4.79 Å². The Hall–Kier alpha value is -2.63. The number of rotatable bonds is 6. The third-order valence-corrected chi connectivity index (χ3v) is 4.04. The fourth-order valence-corrected chi connectivity index (χ4v) is 2.90. The third-order valence-electron chi connectivity index (χ3n) is 4.04. The number of hydrogen-bond donors (Lipinski definition) is 1. The Bertz CT molecular complexity index is 685. The highest BCUT2D eigenvalue weighted by Crippen LogP contribution is 2.23. The average Bonchev–Trinajstić information content (AvgIpc) is 2.99. The van der Waals surface area contributed by atoms with E-state index in [1.54, 1.807) is 18.2 Å². The SMILES string of the molecule is C=C/C=C(\C=C\C)NC(=O)O/N=C1\CCCCC1Cn1cnc(C)c1. The van der Waals surface area contributed by atoms with E-state index < -0.39 is 6.09 Å². The van der Waals surface area contributed by atoms with E-state index in [4.69, 9.17) is 4.84 Å². The van der Waals surface area contributed by atoms with Gasteiger partial charge in [0.05, 0.1) is 17.7 Å². The van der Waals surface area contributed by atoms with Crippen LogP contribution in [0.15, 0.2) is 54.3 Å². The summed E-state index contributed by atoms with van der Waals surface area (Å²) in [6.07, 6.45) is 14.3. The van der Waals surface area contributed by atoms with Crippen LogP contribution in [0.3, 0.4) is 0 Å². The topological polar surface area (TPSA) is 68.5 Å². The lowest BCUT2D eigenvalue weighted by Gasteiger charge is -2.23. The Balaban J connectivity index is 1.97. The van der Waals surface area contributed by atoms with Crippen LogP contribution >= 0.6 is 0 Å². The summed E-state index contributed by atoms with van der Waals surface area (Å²) in [5.41, 5.74) is 2.54. The smallest absolute Gasteiger partial charge is 0.337 e. The molecule has 1 atom stereocenters. The monoisotopic (exact) mass is 342 g/mol. The summed E-state index contributed by atoms with van der Waals surface area (Å²) >= 11 is 0. The number of oxime groups is 1. The molecule has 1 aromatic heterocycles. The van der Waals surface area contributed by atoms with Crippen LogP contribution in [0.5, 0.6) is 0 Å². The van der Waals surface area contributed by atoms with E-state index in [0.717, 1.165) is 43.6 Å². The maximum atomic E-state index is 11.9. The van der Waals surface area contributed by atoms with Gasteiger partial charge in [0.2, 0.25) is 0 Å². The van der Waals surface area contributed by atoms with Crippen LogP contribution in [-0.2, 0) is 11.4 Å². The van der Waals surface area contributed by atoms with Crippen molar-refractivity contribution in [2.24, 2.45) is 11.1 Å². The quantitative estimate of drug-likeness (QED) is 0.480. The fraction of sp³-hybridized carbons (Fsp3) is 0.421. The van der Waals surface area contributed by atoms with Gasteiger partial charge >= 0.3 is 6.09 Å². The number of hydrogen-bond acceptors (Lipinski definition) is 4. The van der Waals surface area contributed by atoms with E-state index in [1.807, 2.05) is 32.4 Å². The van der Waals surface area contributed by atoms with Crippen LogP contribution in [0, 0.1) is 12.8 Å². The summed E-state index contributed by atoms with van der Waals surface area (Å²) in [4.78, 5) is 21.3. The molecular weight excluding hydrogens is 316 g/mol. The van der Waals surface area contributed by atoms with E-state index >= 15 is 0 Å². The Kier molecular flexibility index (Phi) is 7.19. The van der Waals surface area contributed by atoms with E-state index in [2.05, 4.69) is 26.6 Å². The van der Waals surface area contributed by atoms with Gasteiger partial charge in [0.1, 0.15) is 0 Å². The number of imidazole rings is 1. The molecule has 1 aliphatic rings. The van der Waals surface area contributed by atoms with Crippen LogP contribution in [0.4, 0.5) is 4.79 Å². The van der Waals surface area contributed by atoms with Crippen molar-refractivity contribution in [3.63, 3.8) is 0 Å². The Morgan fingerprint density at radius 1 is 1.56 bits per heavy atom. The first kappa shape index (κ1) is 18.7. The van der Waals surface area contributed by atoms with Crippen molar-refractivity contribution in [3.05, 3.63) is 54.8 Å². The molecule has 0 aromatic carbocycles. The zero-order valence-electron chi connectivity index (χ0n) is 14.9. The molecule has 25 heavy (non-hydrogen) atoms. The molecule has 1 saturated carbocycles. The van der Waals surface area contributed by atoms with Gasteiger partial charge in [0.15, 0.2) is 0 Å². The van der Waals surface area contributed by atoms with E-state index in [0.29, 0.717) is 5.70 Å². The first-order chi connectivity index (χ1) is 12.1. The van der Waals surface area contributed by atoms with Gasteiger partial charge < -0.3 is 4.57 Å². The van der Waals surface area contributed by atoms with Crippen LogP contribution in [0.2, 0.25) is 0 Å². The minimum atomic E-state index is -0.596. The van der Waals surface area contributed by atoms with Gasteiger partial charge in [-0.05, 0) is 45.3 Å². The molecular formula is C19H26N4O2. The zero-order valence-corrected chi connectivity index (χ0v) is 14.9. The number of carbonyl (C=O) groups is 1. The predicted molar refractivity (Wildman–Crippen MR) is 99.1 cm³/mol. The number of nitrogens with one attached hydrogen (secondary N) is 1. The lowest BCUT2D eigenvalue weighted by Crippen LogP contribution is -2.26. The molecule has 0 aliphatic heterocycles. The van der Waals surface area contributed by atoms with Crippen molar-refractivity contribution in [3.8, 4) is 0 Å². The first-order valence-electron chi connectivity index (χ1n) is 8.61. The molecule has 6 heteroatoms. The molecule has 0 saturated heterocycles.